The number of aromatic nitrogens is 2. The van der Waals surface area contributed by atoms with Gasteiger partial charge in [0.1, 0.15) is 32.7 Å². The smallest absolute Gasteiger partial charge is 0.264 e. The maximum atomic E-state index is 13.5. The number of halogens is 2. The van der Waals surface area contributed by atoms with Crippen molar-refractivity contribution < 1.29 is 45.4 Å². The molecule has 16 nitrogen and oxygen atoms in total. The summed E-state index contributed by atoms with van der Waals surface area (Å²) in [6.07, 6.45) is 22.9. The molecule has 2 amide bonds. The maximum absolute atomic E-state index is 13.5. The molecule has 4 bridgehead atoms. The number of aryl methyl sites for hydroxylation is 2. The van der Waals surface area contributed by atoms with Crippen LogP contribution in [0.1, 0.15) is 145 Å². The molecule has 14 rings (SSSR count). The fourth-order valence-corrected chi connectivity index (χ4v) is 21.1. The highest BCUT2D eigenvalue weighted by molar-refractivity contribution is 7.91. The second-order valence-corrected chi connectivity index (χ2v) is 34.5. The van der Waals surface area contributed by atoms with Crippen molar-refractivity contribution in [1.29, 1.82) is 0 Å². The fraction of sp³-hybridized carbons (Fsp3) is 0.500. The van der Waals surface area contributed by atoms with Gasteiger partial charge >= 0.3 is 0 Å². The Morgan fingerprint density at radius 2 is 1.01 bits per heavy atom. The molecular formula is C72H84Cl2N6O10S4. The Hall–Kier alpha value is -5.84. The quantitative estimate of drug-likeness (QED) is 0.158. The average Bonchev–Trinajstić information content (AvgIpc) is 1.08. The zero-order valence-electron chi connectivity index (χ0n) is 54.2. The van der Waals surface area contributed by atoms with Crippen molar-refractivity contribution in [2.24, 2.45) is 35.5 Å². The van der Waals surface area contributed by atoms with Crippen LogP contribution < -0.4 is 28.7 Å². The number of ether oxygens (including phenoxy) is 4. The second-order valence-electron chi connectivity index (χ2n) is 27.7. The number of amides is 2. The Morgan fingerprint density at radius 1 is 0.585 bits per heavy atom. The van der Waals surface area contributed by atoms with Crippen LogP contribution in [0.5, 0.6) is 11.5 Å². The van der Waals surface area contributed by atoms with Crippen LogP contribution in [0.3, 0.4) is 0 Å². The van der Waals surface area contributed by atoms with Crippen LogP contribution in [-0.2, 0) is 64.4 Å². The number of hydrogen-bond acceptors (Lipinski definition) is 16. The maximum Gasteiger partial charge on any atom is 0.264 e. The van der Waals surface area contributed by atoms with E-state index in [1.807, 2.05) is 85.6 Å². The molecule has 0 radical (unpaired) electrons. The lowest BCUT2D eigenvalue weighted by Gasteiger charge is -2.49. The van der Waals surface area contributed by atoms with Crippen molar-refractivity contribution in [3.8, 4) is 11.5 Å². The Balaban J connectivity index is 0.000000171. The highest BCUT2D eigenvalue weighted by atomic mass is 35.5. The van der Waals surface area contributed by atoms with Crippen LogP contribution in [0.2, 0.25) is 10.0 Å². The van der Waals surface area contributed by atoms with E-state index in [1.165, 1.54) is 22.3 Å². The number of benzene rings is 4. The lowest BCUT2D eigenvalue weighted by molar-refractivity contribution is -0.0805. The molecule has 500 valence electrons. The first-order valence-corrected chi connectivity index (χ1v) is 38.7. The number of allylic oxidation sites excluding steroid dienone is 2. The standard InChI is InChI=1S/2C36H42ClN3O5S2/c2*1-23-6-4-15-36(44-3,34-38-16-17-46-34)30-11-8-27(30)20-40-21-35(14-5-7-25-18-28(37)10-12-29(25)35)22-45-32-13-9-26(19-31(32)40)33(41)39-47(42,43)24(23)2/h2*4,9-10,12-13,15-19,23-24,27,30H,5-8,11,14,20-22H2,1-3H3,(H,39,41)/b2*15-4+/t23-,24+,27-,30+,35-,36+;23-,24+,27-,30+,35-,36-/m00/s1. The Kier molecular flexibility index (Phi) is 18.8. The Bertz CT molecular complexity index is 3860. The van der Waals surface area contributed by atoms with E-state index in [2.05, 4.69) is 55.7 Å². The zero-order valence-corrected chi connectivity index (χ0v) is 58.9. The first kappa shape index (κ1) is 66.8. The first-order valence-electron chi connectivity index (χ1n) is 33.1. The third-order valence-electron chi connectivity index (χ3n) is 22.5. The third kappa shape index (κ3) is 12.4. The van der Waals surface area contributed by atoms with Gasteiger partial charge in [0.2, 0.25) is 20.0 Å². The van der Waals surface area contributed by atoms with Gasteiger partial charge in [-0.2, -0.15) is 0 Å². The van der Waals surface area contributed by atoms with Crippen LogP contribution in [0.15, 0.2) is 120 Å². The average molecular weight is 1390 g/mol. The molecule has 12 atom stereocenters. The summed E-state index contributed by atoms with van der Waals surface area (Å²) < 4.78 is 84.7. The molecule has 4 aliphatic carbocycles. The molecule has 4 aliphatic heterocycles. The van der Waals surface area contributed by atoms with E-state index in [4.69, 9.17) is 52.1 Å². The molecule has 4 aromatic carbocycles. The minimum absolute atomic E-state index is 0.159. The Morgan fingerprint density at radius 3 is 1.38 bits per heavy atom. The largest absolute Gasteiger partial charge is 0.490 e. The van der Waals surface area contributed by atoms with Crippen molar-refractivity contribution in [2.75, 3.05) is 63.4 Å². The number of hydrogen-bond donors (Lipinski definition) is 2. The minimum Gasteiger partial charge on any atom is -0.490 e. The molecule has 6 aromatic rings. The molecule has 22 heteroatoms. The Labute approximate surface area is 571 Å². The van der Waals surface area contributed by atoms with Crippen molar-refractivity contribution in [1.82, 2.24) is 19.4 Å². The molecule has 0 saturated heterocycles. The SMILES string of the molecule is CO[C@@]1(c2nccs2)/C=C/C[C@H](C)[C@@H](C)S(=O)(=O)NC(=O)c2ccc3c(c2)N(C[C@@H]2CC[C@H]21)C[C@@]1(CCCc2cc(Cl)ccc21)CO3.CO[C@]1(c2nccs2)/C=C/C[C@H](C)[C@@H](C)S(=O)(=O)NC(=O)c2ccc3c(c2)N(C[C@@H]2CC[C@H]21)C[C@@]1(CCCc2cc(Cl)ccc21)CO3. The summed E-state index contributed by atoms with van der Waals surface area (Å²) in [4.78, 5) is 41.3. The zero-order chi connectivity index (χ0) is 66.0. The van der Waals surface area contributed by atoms with Crippen molar-refractivity contribution >= 4 is 89.1 Å². The number of anilines is 2. The summed E-state index contributed by atoms with van der Waals surface area (Å²) in [6, 6.07) is 23.0. The number of nitrogens with zero attached hydrogens (tertiary/aromatic N) is 4. The van der Waals surface area contributed by atoms with E-state index in [1.54, 1.807) is 62.9 Å². The van der Waals surface area contributed by atoms with Gasteiger partial charge in [0, 0.05) is 107 Å². The highest BCUT2D eigenvalue weighted by Crippen LogP contribution is 2.55. The number of fused-ring (bicyclic) bond motifs is 8. The van der Waals surface area contributed by atoms with Crippen molar-refractivity contribution in [3.63, 3.8) is 0 Å². The highest BCUT2D eigenvalue weighted by Gasteiger charge is 2.53. The number of methoxy groups -OCH3 is 2. The number of sulfonamides is 2. The van der Waals surface area contributed by atoms with Crippen LogP contribution in [0.4, 0.5) is 11.4 Å². The van der Waals surface area contributed by atoms with Gasteiger partial charge in [0.25, 0.3) is 11.8 Å². The molecule has 2 saturated carbocycles. The molecule has 8 aliphatic rings. The number of nitrogens with one attached hydrogen (secondary N) is 2. The van der Waals surface area contributed by atoms with Crippen molar-refractivity contribution in [2.45, 2.75) is 137 Å². The van der Waals surface area contributed by atoms with Gasteiger partial charge in [0.15, 0.2) is 0 Å². The summed E-state index contributed by atoms with van der Waals surface area (Å²) in [5.41, 5.74) is 5.23. The molecular weight excluding hydrogens is 1310 g/mol. The summed E-state index contributed by atoms with van der Waals surface area (Å²) >= 11 is 16.1. The van der Waals surface area contributed by atoms with Gasteiger partial charge in [-0.15, -0.1) is 22.7 Å². The van der Waals surface area contributed by atoms with Gasteiger partial charge in [-0.25, -0.2) is 36.2 Å². The van der Waals surface area contributed by atoms with Crippen molar-refractivity contribution in [3.05, 3.63) is 174 Å². The van der Waals surface area contributed by atoms with E-state index >= 15 is 0 Å². The number of carbonyl (C=O) groups excluding carboxylic acids is 2. The summed E-state index contributed by atoms with van der Waals surface area (Å²) in [7, 11) is -4.40. The number of carbonyl (C=O) groups is 2. The van der Waals surface area contributed by atoms with E-state index < -0.39 is 53.6 Å². The predicted molar refractivity (Wildman–Crippen MR) is 372 cm³/mol. The van der Waals surface area contributed by atoms with Crippen LogP contribution in [0.25, 0.3) is 0 Å². The van der Waals surface area contributed by atoms with Gasteiger partial charge in [-0.3, -0.25) is 9.59 Å². The third-order valence-corrected chi connectivity index (χ3v) is 28.6. The van der Waals surface area contributed by atoms with Gasteiger partial charge in [-0.1, -0.05) is 61.3 Å². The number of thiazole rings is 2. The molecule has 6 heterocycles. The minimum atomic E-state index is -3.95. The van der Waals surface area contributed by atoms with Gasteiger partial charge in [-0.05, 0) is 210 Å². The molecule has 2 N–H and O–H groups in total. The second kappa shape index (κ2) is 26.5. The topological polar surface area (TPSA) is 196 Å². The molecule has 94 heavy (non-hydrogen) atoms. The predicted octanol–water partition coefficient (Wildman–Crippen LogP) is 13.8. The van der Waals surface area contributed by atoms with Gasteiger partial charge < -0.3 is 28.7 Å². The normalized spacial score (nSPS) is 32.6. The first-order chi connectivity index (χ1) is 45.1. The lowest BCUT2D eigenvalue weighted by atomic mass is 9.64. The van der Waals surface area contributed by atoms with Crippen LogP contribution >= 0.6 is 45.9 Å². The van der Waals surface area contributed by atoms with Crippen LogP contribution in [-0.4, -0.2) is 103 Å². The van der Waals surface area contributed by atoms with E-state index in [0.717, 1.165) is 109 Å². The molecule has 2 spiro atoms. The number of rotatable bonds is 4. The summed E-state index contributed by atoms with van der Waals surface area (Å²) in [5, 5.41) is 5.67. The summed E-state index contributed by atoms with van der Waals surface area (Å²) in [6.45, 7) is 11.0. The molecule has 2 aromatic heterocycles. The molecule has 0 unspecified atom stereocenters. The fourth-order valence-electron chi connectivity index (χ4n) is 16.4. The van der Waals surface area contributed by atoms with Crippen LogP contribution in [0, 0.1) is 35.5 Å². The van der Waals surface area contributed by atoms with E-state index in [-0.39, 0.29) is 46.3 Å². The monoisotopic (exact) mass is 1390 g/mol. The lowest BCUT2D eigenvalue weighted by Crippen LogP contribution is -2.52. The van der Waals surface area contributed by atoms with Gasteiger partial charge in [0.05, 0.1) is 35.1 Å². The van der Waals surface area contributed by atoms with E-state index in [9.17, 15) is 26.4 Å². The summed E-state index contributed by atoms with van der Waals surface area (Å²) in [5.74, 6) is 0.519. The molecule has 2 fully saturated rings. The van der Waals surface area contributed by atoms with E-state index in [0.29, 0.717) is 61.8 Å².